The normalized spacial score (nSPS) is 23.0. The smallest absolute Gasteiger partial charge is 0.224 e. The quantitative estimate of drug-likeness (QED) is 0.878. The molecule has 1 aromatic rings. The van der Waals surface area contributed by atoms with E-state index in [4.69, 9.17) is 5.73 Å². The molecule has 4 heteroatoms. The average Bonchev–Trinajstić information content (AvgIpc) is 2.96. The molecule has 1 aliphatic rings. The summed E-state index contributed by atoms with van der Waals surface area (Å²) >= 11 is 2.02. The Morgan fingerprint density at radius 2 is 2.10 bits per heavy atom. The Balaban J connectivity index is 1.86. The fraction of sp³-hybridized carbons (Fsp3) is 0.588. The topological polar surface area (TPSA) is 46.3 Å². The zero-order valence-corrected chi connectivity index (χ0v) is 13.8. The van der Waals surface area contributed by atoms with Crippen molar-refractivity contribution < 1.29 is 4.79 Å². The van der Waals surface area contributed by atoms with Crippen molar-refractivity contribution in [2.45, 2.75) is 49.9 Å². The van der Waals surface area contributed by atoms with E-state index in [-0.39, 0.29) is 11.9 Å². The van der Waals surface area contributed by atoms with E-state index in [0.29, 0.717) is 12.5 Å². The molecule has 0 saturated heterocycles. The van der Waals surface area contributed by atoms with Gasteiger partial charge < -0.3 is 10.6 Å². The molecule has 0 unspecified atom stereocenters. The molecular weight excluding hydrogens is 280 g/mol. The molecule has 1 saturated carbocycles. The molecule has 0 spiro atoms. The van der Waals surface area contributed by atoms with Gasteiger partial charge in [0, 0.05) is 30.8 Å². The van der Waals surface area contributed by atoms with Gasteiger partial charge >= 0.3 is 0 Å². The van der Waals surface area contributed by atoms with Crippen LogP contribution >= 0.6 is 11.8 Å². The Bertz CT molecular complexity index is 451. The molecule has 2 rings (SSSR count). The standard InChI is InChI=1S/C17H26N2OS/c1-3-21-15-10-9-14(11-15)19(2)17(20)12-16(18)13-7-5-4-6-8-13/h4-8,14-16H,3,9-12,18H2,1-2H3/t14-,15+,16-/m0/s1. The zero-order chi connectivity index (χ0) is 15.2. The maximum Gasteiger partial charge on any atom is 0.224 e. The maximum absolute atomic E-state index is 12.4. The first-order valence-electron chi connectivity index (χ1n) is 7.79. The van der Waals surface area contributed by atoms with Gasteiger partial charge in [0.2, 0.25) is 5.91 Å². The predicted molar refractivity (Wildman–Crippen MR) is 90.3 cm³/mol. The van der Waals surface area contributed by atoms with Crippen molar-refractivity contribution >= 4 is 17.7 Å². The van der Waals surface area contributed by atoms with E-state index in [0.717, 1.165) is 29.4 Å². The van der Waals surface area contributed by atoms with Crippen LogP contribution in [-0.2, 0) is 4.79 Å². The van der Waals surface area contributed by atoms with Crippen LogP contribution in [0, 0.1) is 0 Å². The summed E-state index contributed by atoms with van der Waals surface area (Å²) < 4.78 is 0. The van der Waals surface area contributed by atoms with E-state index in [2.05, 4.69) is 6.92 Å². The first-order valence-corrected chi connectivity index (χ1v) is 8.84. The lowest BCUT2D eigenvalue weighted by molar-refractivity contribution is -0.132. The van der Waals surface area contributed by atoms with Gasteiger partial charge in [0.1, 0.15) is 0 Å². The van der Waals surface area contributed by atoms with Crippen LogP contribution in [0.25, 0.3) is 0 Å². The van der Waals surface area contributed by atoms with Crippen molar-refractivity contribution in [1.82, 2.24) is 4.90 Å². The Kier molecular flexibility index (Phi) is 6.12. The molecule has 116 valence electrons. The van der Waals surface area contributed by atoms with Crippen LogP contribution in [0.5, 0.6) is 0 Å². The first-order chi connectivity index (χ1) is 10.1. The fourth-order valence-electron chi connectivity index (χ4n) is 3.01. The van der Waals surface area contributed by atoms with Crippen molar-refractivity contribution in [2.24, 2.45) is 5.73 Å². The van der Waals surface area contributed by atoms with Gasteiger partial charge in [-0.25, -0.2) is 0 Å². The van der Waals surface area contributed by atoms with Crippen LogP contribution in [0.3, 0.4) is 0 Å². The van der Waals surface area contributed by atoms with E-state index >= 15 is 0 Å². The summed E-state index contributed by atoms with van der Waals surface area (Å²) in [5.41, 5.74) is 7.19. The Morgan fingerprint density at radius 3 is 2.76 bits per heavy atom. The highest BCUT2D eigenvalue weighted by Crippen LogP contribution is 2.32. The number of carbonyl (C=O) groups excluding carboxylic acids is 1. The van der Waals surface area contributed by atoms with Gasteiger partial charge in [0.25, 0.3) is 0 Å². The van der Waals surface area contributed by atoms with E-state index in [1.165, 1.54) is 6.42 Å². The number of hydrogen-bond acceptors (Lipinski definition) is 3. The van der Waals surface area contributed by atoms with Crippen molar-refractivity contribution in [2.75, 3.05) is 12.8 Å². The SMILES string of the molecule is CCS[C@@H]1CC[C@H](N(C)C(=O)C[C@H](N)c2ccccc2)C1. The number of hydrogen-bond donors (Lipinski definition) is 1. The second-order valence-electron chi connectivity index (χ2n) is 5.77. The average molecular weight is 306 g/mol. The van der Waals surface area contributed by atoms with Crippen LogP contribution in [0.1, 0.15) is 44.2 Å². The number of nitrogens with two attached hydrogens (primary N) is 1. The molecular formula is C17H26N2OS. The zero-order valence-electron chi connectivity index (χ0n) is 13.0. The number of carbonyl (C=O) groups is 1. The molecule has 0 radical (unpaired) electrons. The van der Waals surface area contributed by atoms with Gasteiger partial charge in [-0.05, 0) is 30.6 Å². The van der Waals surface area contributed by atoms with Crippen molar-refractivity contribution in [3.8, 4) is 0 Å². The third-order valence-electron chi connectivity index (χ3n) is 4.32. The molecule has 0 aromatic heterocycles. The van der Waals surface area contributed by atoms with Crippen LogP contribution < -0.4 is 5.73 Å². The van der Waals surface area contributed by atoms with Crippen LogP contribution in [-0.4, -0.2) is 34.9 Å². The molecule has 1 amide bonds. The summed E-state index contributed by atoms with van der Waals surface area (Å²) in [4.78, 5) is 14.3. The molecule has 1 aliphatic carbocycles. The highest BCUT2D eigenvalue weighted by Gasteiger charge is 2.30. The summed E-state index contributed by atoms with van der Waals surface area (Å²) in [5.74, 6) is 1.33. The highest BCUT2D eigenvalue weighted by molar-refractivity contribution is 7.99. The molecule has 3 nitrogen and oxygen atoms in total. The van der Waals surface area contributed by atoms with Gasteiger partial charge in [-0.1, -0.05) is 37.3 Å². The molecule has 0 bridgehead atoms. The third kappa shape index (κ3) is 4.48. The Labute approximate surface area is 132 Å². The Hall–Kier alpha value is -1.00. The number of benzene rings is 1. The van der Waals surface area contributed by atoms with Gasteiger partial charge in [0.15, 0.2) is 0 Å². The summed E-state index contributed by atoms with van der Waals surface area (Å²) in [6.45, 7) is 2.20. The second kappa shape index (κ2) is 7.85. The van der Waals surface area contributed by atoms with E-state index in [9.17, 15) is 4.79 Å². The van der Waals surface area contributed by atoms with Crippen LogP contribution in [0.2, 0.25) is 0 Å². The summed E-state index contributed by atoms with van der Waals surface area (Å²) in [5, 5.41) is 0.720. The molecule has 1 aromatic carbocycles. The number of rotatable bonds is 6. The molecule has 21 heavy (non-hydrogen) atoms. The molecule has 0 heterocycles. The minimum Gasteiger partial charge on any atom is -0.343 e. The molecule has 1 fully saturated rings. The lowest BCUT2D eigenvalue weighted by Gasteiger charge is -2.26. The first kappa shape index (κ1) is 16.4. The lowest BCUT2D eigenvalue weighted by Crippen LogP contribution is -2.37. The fourth-order valence-corrected chi connectivity index (χ4v) is 4.14. The third-order valence-corrected chi connectivity index (χ3v) is 5.56. The van der Waals surface area contributed by atoms with Crippen molar-refractivity contribution in [3.63, 3.8) is 0 Å². The minimum atomic E-state index is -0.205. The monoisotopic (exact) mass is 306 g/mol. The van der Waals surface area contributed by atoms with E-state index < -0.39 is 0 Å². The van der Waals surface area contributed by atoms with Gasteiger partial charge in [-0.15, -0.1) is 0 Å². The van der Waals surface area contributed by atoms with Gasteiger partial charge in [0.05, 0.1) is 0 Å². The Morgan fingerprint density at radius 1 is 1.38 bits per heavy atom. The summed E-state index contributed by atoms with van der Waals surface area (Å²) in [6, 6.07) is 10.1. The molecule has 0 aliphatic heterocycles. The molecule has 3 atom stereocenters. The van der Waals surface area contributed by atoms with E-state index in [1.807, 2.05) is 54.0 Å². The minimum absolute atomic E-state index is 0.165. The largest absolute Gasteiger partial charge is 0.343 e. The van der Waals surface area contributed by atoms with Crippen LogP contribution in [0.15, 0.2) is 30.3 Å². The summed E-state index contributed by atoms with van der Waals surface area (Å²) in [7, 11) is 1.93. The van der Waals surface area contributed by atoms with Crippen molar-refractivity contribution in [1.29, 1.82) is 0 Å². The predicted octanol–water partition coefficient (Wildman–Crippen LogP) is 3.21. The maximum atomic E-state index is 12.4. The second-order valence-corrected chi connectivity index (χ2v) is 7.35. The van der Waals surface area contributed by atoms with Crippen molar-refractivity contribution in [3.05, 3.63) is 35.9 Å². The highest BCUT2D eigenvalue weighted by atomic mass is 32.2. The summed E-state index contributed by atoms with van der Waals surface area (Å²) in [6.07, 6.45) is 3.87. The van der Waals surface area contributed by atoms with Gasteiger partial charge in [-0.3, -0.25) is 4.79 Å². The number of amides is 1. The number of nitrogens with zero attached hydrogens (tertiary/aromatic N) is 1. The van der Waals surface area contributed by atoms with Crippen LogP contribution in [0.4, 0.5) is 0 Å². The van der Waals surface area contributed by atoms with E-state index in [1.54, 1.807) is 0 Å². The molecule has 2 N–H and O–H groups in total. The lowest BCUT2D eigenvalue weighted by atomic mass is 10.0. The van der Waals surface area contributed by atoms with Gasteiger partial charge in [-0.2, -0.15) is 11.8 Å². The number of thioether (sulfide) groups is 1.